The molecule has 2 N–H and O–H groups in total. The fourth-order valence-corrected chi connectivity index (χ4v) is 4.63. The van der Waals surface area contributed by atoms with Crippen LogP contribution in [0, 0.1) is 0 Å². The molecule has 0 amide bonds. The van der Waals surface area contributed by atoms with Gasteiger partial charge in [-0.25, -0.2) is 13.4 Å². The Morgan fingerprint density at radius 1 is 1.20 bits per heavy atom. The number of hydrogen-bond donors (Lipinski definition) is 2. The lowest BCUT2D eigenvalue weighted by molar-refractivity contribution is 0.415. The molecular weight excluding hydrogens is 358 g/mol. The summed E-state index contributed by atoms with van der Waals surface area (Å²) in [7, 11) is -1.60. The summed E-state index contributed by atoms with van der Waals surface area (Å²) in [6, 6.07) is 13.2. The highest BCUT2D eigenvalue weighted by Gasteiger charge is 2.23. The van der Waals surface area contributed by atoms with Crippen LogP contribution in [-0.4, -0.2) is 20.5 Å². The van der Waals surface area contributed by atoms with Crippen molar-refractivity contribution >= 4 is 37.9 Å². The van der Waals surface area contributed by atoms with Crippen LogP contribution in [0.3, 0.4) is 0 Å². The van der Waals surface area contributed by atoms with Crippen LogP contribution in [0.1, 0.15) is 5.56 Å². The average Bonchev–Trinajstić information content (AvgIpc) is 3.17. The largest absolute Gasteiger partial charge is 0.497 e. The molecule has 0 atom stereocenters. The van der Waals surface area contributed by atoms with Gasteiger partial charge in [0.2, 0.25) is 10.0 Å². The molecule has 128 valence electrons. The molecular formula is C17H15N3O3S2. The van der Waals surface area contributed by atoms with Crippen molar-refractivity contribution in [2.24, 2.45) is 0 Å². The molecule has 1 aliphatic heterocycles. The van der Waals surface area contributed by atoms with Gasteiger partial charge in [-0.05, 0) is 42.0 Å². The molecule has 1 aliphatic rings. The second-order valence-electron chi connectivity index (χ2n) is 5.62. The highest BCUT2D eigenvalue weighted by Crippen LogP contribution is 2.32. The molecule has 25 heavy (non-hydrogen) atoms. The topological polar surface area (TPSA) is 80.3 Å². The third-order valence-corrected chi connectivity index (χ3v) is 5.84. The van der Waals surface area contributed by atoms with E-state index in [0.717, 1.165) is 33.4 Å². The van der Waals surface area contributed by atoms with Crippen molar-refractivity contribution in [3.63, 3.8) is 0 Å². The van der Waals surface area contributed by atoms with Gasteiger partial charge in [0.1, 0.15) is 5.75 Å². The third kappa shape index (κ3) is 3.31. The number of thiazole rings is 1. The van der Waals surface area contributed by atoms with Crippen LogP contribution >= 0.6 is 11.3 Å². The summed E-state index contributed by atoms with van der Waals surface area (Å²) in [6.45, 7) is 0. The van der Waals surface area contributed by atoms with E-state index in [1.54, 1.807) is 13.2 Å². The van der Waals surface area contributed by atoms with Gasteiger partial charge in [0.15, 0.2) is 5.13 Å². The summed E-state index contributed by atoms with van der Waals surface area (Å²) in [4.78, 5) is 4.58. The summed E-state index contributed by atoms with van der Waals surface area (Å²) >= 11 is 1.49. The number of sulfonamides is 1. The molecule has 0 saturated heterocycles. The first kappa shape index (κ1) is 15.9. The normalized spacial score (nSPS) is 14.6. The number of nitrogens with zero attached hydrogens (tertiary/aromatic N) is 1. The molecule has 4 rings (SSSR count). The van der Waals surface area contributed by atoms with E-state index in [1.807, 2.05) is 41.8 Å². The maximum absolute atomic E-state index is 11.6. The van der Waals surface area contributed by atoms with Crippen LogP contribution < -0.4 is 14.8 Å². The second-order valence-corrected chi connectivity index (χ2v) is 8.20. The monoisotopic (exact) mass is 373 g/mol. The lowest BCUT2D eigenvalue weighted by Gasteiger charge is -2.05. The standard InChI is InChI=1S/C17H15N3O3S2/c1-23-14-6-3-11(4-7-14)16-9-24-17(19-16)18-13-5-2-12-10-25(21,22)20-15(12)8-13/h2-9,20H,10H2,1H3,(H,18,19). The van der Waals surface area contributed by atoms with Crippen LogP contribution in [0.15, 0.2) is 47.8 Å². The first-order valence-corrected chi connectivity index (χ1v) is 10.1. The van der Waals surface area contributed by atoms with Crippen molar-refractivity contribution < 1.29 is 13.2 Å². The first-order valence-electron chi connectivity index (χ1n) is 7.53. The SMILES string of the molecule is COc1ccc(-c2csc(Nc3ccc4c(c3)NS(=O)(=O)C4)n2)cc1. The lowest BCUT2D eigenvalue weighted by atomic mass is 10.2. The number of ether oxygens (including phenoxy) is 1. The van der Waals surface area contributed by atoms with E-state index in [-0.39, 0.29) is 5.75 Å². The van der Waals surface area contributed by atoms with Gasteiger partial charge in [0.25, 0.3) is 0 Å². The molecule has 0 fully saturated rings. The van der Waals surface area contributed by atoms with E-state index >= 15 is 0 Å². The van der Waals surface area contributed by atoms with E-state index in [0.29, 0.717) is 5.69 Å². The molecule has 0 unspecified atom stereocenters. The summed E-state index contributed by atoms with van der Waals surface area (Å²) in [5.74, 6) is 0.833. The molecule has 0 bridgehead atoms. The van der Waals surface area contributed by atoms with Gasteiger partial charge in [-0.15, -0.1) is 11.3 Å². The van der Waals surface area contributed by atoms with E-state index in [1.165, 1.54) is 11.3 Å². The molecule has 8 heteroatoms. The third-order valence-electron chi connectivity index (χ3n) is 3.86. The molecule has 2 aromatic carbocycles. The number of nitrogens with one attached hydrogen (secondary N) is 2. The molecule has 2 heterocycles. The number of methoxy groups -OCH3 is 1. The summed E-state index contributed by atoms with van der Waals surface area (Å²) < 4.78 is 30.9. The van der Waals surface area contributed by atoms with E-state index < -0.39 is 10.0 Å². The lowest BCUT2D eigenvalue weighted by Crippen LogP contribution is -2.05. The van der Waals surface area contributed by atoms with Crippen molar-refractivity contribution in [3.05, 3.63) is 53.4 Å². The van der Waals surface area contributed by atoms with Gasteiger partial charge in [0.05, 0.1) is 24.2 Å². The van der Waals surface area contributed by atoms with Gasteiger partial charge in [0, 0.05) is 16.6 Å². The predicted molar refractivity (Wildman–Crippen MR) is 100 cm³/mol. The Hall–Kier alpha value is -2.58. The van der Waals surface area contributed by atoms with Gasteiger partial charge in [-0.3, -0.25) is 4.72 Å². The zero-order valence-electron chi connectivity index (χ0n) is 13.3. The highest BCUT2D eigenvalue weighted by atomic mass is 32.2. The Morgan fingerprint density at radius 2 is 2.00 bits per heavy atom. The maximum atomic E-state index is 11.6. The van der Waals surface area contributed by atoms with Gasteiger partial charge < -0.3 is 10.1 Å². The highest BCUT2D eigenvalue weighted by molar-refractivity contribution is 7.92. The van der Waals surface area contributed by atoms with Gasteiger partial charge in [-0.2, -0.15) is 0 Å². The molecule has 6 nitrogen and oxygen atoms in total. The van der Waals surface area contributed by atoms with Crippen LogP contribution in [0.25, 0.3) is 11.3 Å². The van der Waals surface area contributed by atoms with Crippen LogP contribution in [0.4, 0.5) is 16.5 Å². The Balaban J connectivity index is 1.54. The molecule has 3 aromatic rings. The van der Waals surface area contributed by atoms with Crippen LogP contribution in [0.2, 0.25) is 0 Å². The molecule has 0 aliphatic carbocycles. The van der Waals surface area contributed by atoms with E-state index in [9.17, 15) is 8.42 Å². The van der Waals surface area contributed by atoms with Crippen molar-refractivity contribution in [1.82, 2.24) is 4.98 Å². The second kappa shape index (κ2) is 6.05. The number of fused-ring (bicyclic) bond motifs is 1. The number of anilines is 3. The Bertz CT molecular complexity index is 1030. The number of hydrogen-bond acceptors (Lipinski definition) is 6. The van der Waals surface area contributed by atoms with E-state index in [2.05, 4.69) is 15.0 Å². The minimum atomic E-state index is -3.23. The summed E-state index contributed by atoms with van der Waals surface area (Å²) in [5.41, 5.74) is 4.07. The van der Waals surface area contributed by atoms with Crippen LogP contribution in [0.5, 0.6) is 5.75 Å². The minimum absolute atomic E-state index is 0.0292. The number of aromatic nitrogens is 1. The molecule has 1 aromatic heterocycles. The predicted octanol–water partition coefficient (Wildman–Crippen LogP) is 3.82. The summed E-state index contributed by atoms with van der Waals surface area (Å²) in [6.07, 6.45) is 0. The zero-order chi connectivity index (χ0) is 17.4. The quantitative estimate of drug-likeness (QED) is 0.727. The van der Waals surface area contributed by atoms with Crippen molar-refractivity contribution in [1.29, 1.82) is 0 Å². The molecule has 0 saturated carbocycles. The Kier molecular flexibility index (Phi) is 3.85. The number of rotatable bonds is 4. The molecule has 0 spiro atoms. The van der Waals surface area contributed by atoms with Gasteiger partial charge in [-0.1, -0.05) is 6.07 Å². The number of benzene rings is 2. The Labute approximate surface area is 149 Å². The van der Waals surface area contributed by atoms with Crippen molar-refractivity contribution in [3.8, 4) is 17.0 Å². The molecule has 0 radical (unpaired) electrons. The van der Waals surface area contributed by atoms with E-state index in [4.69, 9.17) is 4.74 Å². The smallest absolute Gasteiger partial charge is 0.237 e. The fraction of sp³-hybridized carbons (Fsp3) is 0.118. The Morgan fingerprint density at radius 3 is 2.76 bits per heavy atom. The van der Waals surface area contributed by atoms with Crippen LogP contribution in [-0.2, 0) is 15.8 Å². The maximum Gasteiger partial charge on any atom is 0.237 e. The fourth-order valence-electron chi connectivity index (χ4n) is 2.63. The summed E-state index contributed by atoms with van der Waals surface area (Å²) in [5, 5.41) is 5.94. The average molecular weight is 373 g/mol. The van der Waals surface area contributed by atoms with Crippen molar-refractivity contribution in [2.45, 2.75) is 5.75 Å². The minimum Gasteiger partial charge on any atom is -0.497 e. The first-order chi connectivity index (χ1) is 12.0. The zero-order valence-corrected chi connectivity index (χ0v) is 14.9. The van der Waals surface area contributed by atoms with Crippen molar-refractivity contribution in [2.75, 3.05) is 17.1 Å². The van der Waals surface area contributed by atoms with Gasteiger partial charge >= 0.3 is 0 Å².